The number of hydrogen-bond acceptors (Lipinski definition) is 2. The zero-order chi connectivity index (χ0) is 14.1. The Balaban J connectivity index is 2.53. The predicted molar refractivity (Wildman–Crippen MR) is 78.4 cm³/mol. The Bertz CT molecular complexity index is 364. The summed E-state index contributed by atoms with van der Waals surface area (Å²) in [6, 6.07) is 9.87. The summed E-state index contributed by atoms with van der Waals surface area (Å²) in [7, 11) is 0. The Labute approximate surface area is 116 Å². The summed E-state index contributed by atoms with van der Waals surface area (Å²) in [5, 5.41) is 12.4. The van der Waals surface area contributed by atoms with Gasteiger partial charge in [-0.2, -0.15) is 0 Å². The molecule has 3 heteroatoms. The van der Waals surface area contributed by atoms with Gasteiger partial charge in [-0.15, -0.1) is 0 Å². The van der Waals surface area contributed by atoms with E-state index in [1.54, 1.807) is 0 Å². The minimum atomic E-state index is -0.739. The summed E-state index contributed by atoms with van der Waals surface area (Å²) < 4.78 is 0. The van der Waals surface area contributed by atoms with Crippen LogP contribution in [0.1, 0.15) is 51.0 Å². The molecule has 2 atom stereocenters. The number of hydrogen-bond donors (Lipinski definition) is 2. The molecule has 1 unspecified atom stereocenters. The van der Waals surface area contributed by atoms with Crippen molar-refractivity contribution in [1.82, 2.24) is 5.32 Å². The number of rotatable bonds is 9. The zero-order valence-electron chi connectivity index (χ0n) is 11.9. The SMILES string of the molecule is CCCC[C@H](NCC(CC)c1ccccc1)C(=O)O. The average Bonchev–Trinajstić information content (AvgIpc) is 2.43. The topological polar surface area (TPSA) is 49.3 Å². The van der Waals surface area contributed by atoms with Crippen molar-refractivity contribution in [3.05, 3.63) is 35.9 Å². The van der Waals surface area contributed by atoms with E-state index < -0.39 is 12.0 Å². The van der Waals surface area contributed by atoms with Crippen molar-refractivity contribution in [3.63, 3.8) is 0 Å². The fourth-order valence-electron chi connectivity index (χ4n) is 2.23. The Kier molecular flexibility index (Phi) is 7.19. The van der Waals surface area contributed by atoms with Crippen molar-refractivity contribution in [2.75, 3.05) is 6.54 Å². The fourth-order valence-corrected chi connectivity index (χ4v) is 2.23. The van der Waals surface area contributed by atoms with Gasteiger partial charge in [-0.05, 0) is 24.3 Å². The second-order valence-corrected chi connectivity index (χ2v) is 4.96. The van der Waals surface area contributed by atoms with Crippen molar-refractivity contribution < 1.29 is 9.90 Å². The second kappa shape index (κ2) is 8.70. The van der Waals surface area contributed by atoms with Crippen molar-refractivity contribution in [1.29, 1.82) is 0 Å². The van der Waals surface area contributed by atoms with Gasteiger partial charge in [0.2, 0.25) is 0 Å². The van der Waals surface area contributed by atoms with Gasteiger partial charge in [0.25, 0.3) is 0 Å². The third-order valence-electron chi connectivity index (χ3n) is 3.52. The molecule has 0 radical (unpaired) electrons. The van der Waals surface area contributed by atoms with E-state index in [-0.39, 0.29) is 0 Å². The molecule has 0 amide bonds. The number of aliphatic carboxylic acids is 1. The van der Waals surface area contributed by atoms with Crippen LogP contribution in [0, 0.1) is 0 Å². The highest BCUT2D eigenvalue weighted by atomic mass is 16.4. The van der Waals surface area contributed by atoms with E-state index in [1.807, 2.05) is 18.2 Å². The van der Waals surface area contributed by atoms with Crippen LogP contribution in [0.3, 0.4) is 0 Å². The largest absolute Gasteiger partial charge is 0.480 e. The van der Waals surface area contributed by atoms with Crippen molar-refractivity contribution in [2.24, 2.45) is 0 Å². The van der Waals surface area contributed by atoms with Crippen LogP contribution in [0.15, 0.2) is 30.3 Å². The molecular formula is C16H25NO2. The maximum Gasteiger partial charge on any atom is 0.320 e. The van der Waals surface area contributed by atoms with Gasteiger partial charge >= 0.3 is 5.97 Å². The highest BCUT2D eigenvalue weighted by Gasteiger charge is 2.18. The highest BCUT2D eigenvalue weighted by Crippen LogP contribution is 2.18. The van der Waals surface area contributed by atoms with Gasteiger partial charge in [-0.1, -0.05) is 57.0 Å². The van der Waals surface area contributed by atoms with E-state index >= 15 is 0 Å². The normalized spacial score (nSPS) is 14.0. The number of carboxylic acids is 1. The second-order valence-electron chi connectivity index (χ2n) is 4.96. The summed E-state index contributed by atoms with van der Waals surface area (Å²) >= 11 is 0. The van der Waals surface area contributed by atoms with Gasteiger partial charge in [0.05, 0.1) is 0 Å². The van der Waals surface area contributed by atoms with Crippen LogP contribution in [0.2, 0.25) is 0 Å². The average molecular weight is 263 g/mol. The molecule has 0 aliphatic carbocycles. The smallest absolute Gasteiger partial charge is 0.320 e. The molecule has 0 aromatic heterocycles. The maximum absolute atomic E-state index is 11.2. The lowest BCUT2D eigenvalue weighted by molar-refractivity contribution is -0.139. The molecule has 0 bridgehead atoms. The summed E-state index contributed by atoms with van der Waals surface area (Å²) in [5.74, 6) is -0.360. The third kappa shape index (κ3) is 5.43. The summed E-state index contributed by atoms with van der Waals surface area (Å²) in [6.07, 6.45) is 3.70. The molecule has 0 fully saturated rings. The molecule has 0 heterocycles. The quantitative estimate of drug-likeness (QED) is 0.717. The number of nitrogens with one attached hydrogen (secondary N) is 1. The molecular weight excluding hydrogens is 238 g/mol. The first kappa shape index (κ1) is 15.7. The number of unbranched alkanes of at least 4 members (excludes halogenated alkanes) is 1. The van der Waals surface area contributed by atoms with Gasteiger partial charge in [-0.3, -0.25) is 4.79 Å². The van der Waals surface area contributed by atoms with Gasteiger partial charge < -0.3 is 10.4 Å². The van der Waals surface area contributed by atoms with Crippen LogP contribution in [-0.2, 0) is 4.79 Å². The number of carbonyl (C=O) groups is 1. The van der Waals surface area contributed by atoms with Crippen LogP contribution in [-0.4, -0.2) is 23.7 Å². The Morgan fingerprint density at radius 1 is 1.26 bits per heavy atom. The van der Waals surface area contributed by atoms with Crippen LogP contribution in [0.5, 0.6) is 0 Å². The Hall–Kier alpha value is -1.35. The molecule has 2 N–H and O–H groups in total. The molecule has 0 spiro atoms. The van der Waals surface area contributed by atoms with Crippen molar-refractivity contribution in [2.45, 2.75) is 51.5 Å². The van der Waals surface area contributed by atoms with Gasteiger partial charge in [-0.25, -0.2) is 0 Å². The minimum Gasteiger partial charge on any atom is -0.480 e. The number of carboxylic acid groups (broad SMARTS) is 1. The van der Waals surface area contributed by atoms with Crippen molar-refractivity contribution in [3.8, 4) is 0 Å². The summed E-state index contributed by atoms with van der Waals surface area (Å²) in [4.78, 5) is 11.2. The molecule has 0 aliphatic heterocycles. The fraction of sp³-hybridized carbons (Fsp3) is 0.562. The molecule has 1 rings (SSSR count). The lowest BCUT2D eigenvalue weighted by Crippen LogP contribution is -2.38. The summed E-state index contributed by atoms with van der Waals surface area (Å²) in [6.45, 7) is 4.94. The van der Waals surface area contributed by atoms with E-state index in [1.165, 1.54) is 5.56 Å². The molecule has 3 nitrogen and oxygen atoms in total. The highest BCUT2D eigenvalue weighted by molar-refractivity contribution is 5.73. The molecule has 0 aliphatic rings. The van der Waals surface area contributed by atoms with E-state index in [0.717, 1.165) is 25.8 Å². The van der Waals surface area contributed by atoms with Crippen molar-refractivity contribution >= 4 is 5.97 Å². The number of benzene rings is 1. The van der Waals surface area contributed by atoms with E-state index in [0.29, 0.717) is 12.3 Å². The molecule has 0 saturated heterocycles. The molecule has 19 heavy (non-hydrogen) atoms. The molecule has 1 aromatic carbocycles. The summed E-state index contributed by atoms with van der Waals surface area (Å²) in [5.41, 5.74) is 1.28. The van der Waals surface area contributed by atoms with E-state index in [9.17, 15) is 9.90 Å². The van der Waals surface area contributed by atoms with Gasteiger partial charge in [0, 0.05) is 6.54 Å². The predicted octanol–water partition coefficient (Wildman–Crippen LogP) is 3.41. The standard InChI is InChI=1S/C16H25NO2/c1-3-5-11-15(16(18)19)17-12-13(4-2)14-9-7-6-8-10-14/h6-10,13,15,17H,3-5,11-12H2,1-2H3,(H,18,19)/t13?,15-/m0/s1. The van der Waals surface area contributed by atoms with Gasteiger partial charge in [0.1, 0.15) is 6.04 Å². The minimum absolute atomic E-state index is 0.379. The lowest BCUT2D eigenvalue weighted by Gasteiger charge is -2.20. The first-order chi connectivity index (χ1) is 9.19. The lowest BCUT2D eigenvalue weighted by atomic mass is 9.96. The monoisotopic (exact) mass is 263 g/mol. The molecule has 106 valence electrons. The van der Waals surface area contributed by atoms with E-state index in [2.05, 4.69) is 31.3 Å². The van der Waals surface area contributed by atoms with Crippen LogP contribution in [0.4, 0.5) is 0 Å². The van der Waals surface area contributed by atoms with Gasteiger partial charge in [0.15, 0.2) is 0 Å². The first-order valence-corrected chi connectivity index (χ1v) is 7.20. The molecule has 1 aromatic rings. The first-order valence-electron chi connectivity index (χ1n) is 7.20. The van der Waals surface area contributed by atoms with Crippen LogP contribution >= 0.6 is 0 Å². The zero-order valence-corrected chi connectivity index (χ0v) is 11.9. The van der Waals surface area contributed by atoms with E-state index in [4.69, 9.17) is 0 Å². The molecule has 0 saturated carbocycles. The Morgan fingerprint density at radius 3 is 2.47 bits per heavy atom. The Morgan fingerprint density at radius 2 is 1.95 bits per heavy atom. The van der Waals surface area contributed by atoms with Crippen LogP contribution < -0.4 is 5.32 Å². The van der Waals surface area contributed by atoms with Crippen LogP contribution in [0.25, 0.3) is 0 Å². The maximum atomic E-state index is 11.2. The third-order valence-corrected chi connectivity index (χ3v) is 3.52.